The smallest absolute Gasteiger partial charge is 0.273 e. The van der Waals surface area contributed by atoms with Crippen molar-refractivity contribution in [3.8, 4) is 0 Å². The van der Waals surface area contributed by atoms with E-state index >= 15 is 0 Å². The first kappa shape index (κ1) is 24.0. The average Bonchev–Trinajstić information content (AvgIpc) is 3.13. The molecule has 0 saturated carbocycles. The lowest BCUT2D eigenvalue weighted by Crippen LogP contribution is -2.48. The Morgan fingerprint density at radius 2 is 2.10 bits per heavy atom. The van der Waals surface area contributed by atoms with Gasteiger partial charge in [0, 0.05) is 29.1 Å². The van der Waals surface area contributed by atoms with Crippen LogP contribution in [-0.4, -0.2) is 46.4 Å². The number of benzene rings is 1. The molecule has 0 spiro atoms. The number of halogens is 2. The van der Waals surface area contributed by atoms with Gasteiger partial charge in [0.2, 0.25) is 5.95 Å². The van der Waals surface area contributed by atoms with Gasteiger partial charge in [0.05, 0.1) is 6.61 Å². The van der Waals surface area contributed by atoms with Gasteiger partial charge >= 0.3 is 0 Å². The van der Waals surface area contributed by atoms with Crippen LogP contribution in [0.1, 0.15) is 22.5 Å². The van der Waals surface area contributed by atoms with Crippen LogP contribution in [0, 0.1) is 6.92 Å². The summed E-state index contributed by atoms with van der Waals surface area (Å²) in [6.45, 7) is 3.12. The molecule has 4 rings (SSSR count). The maximum Gasteiger partial charge on any atom is 0.273 e. The van der Waals surface area contributed by atoms with Crippen LogP contribution in [0.3, 0.4) is 0 Å². The van der Waals surface area contributed by atoms with Crippen LogP contribution in [0.4, 0.5) is 17.5 Å². The summed E-state index contributed by atoms with van der Waals surface area (Å²) in [5.41, 5.74) is 13.4. The van der Waals surface area contributed by atoms with Gasteiger partial charge in [0.25, 0.3) is 5.91 Å². The largest absolute Gasteiger partial charge is 0.380 e. The number of aryl methyl sites for hydroxylation is 1. The molecular formula is C18H23Cl2N7O2S. The topological polar surface area (TPSA) is 141 Å². The number of nitrogens with one attached hydrogen (secondary N) is 2. The molecule has 1 aliphatic heterocycles. The second kappa shape index (κ2) is 10.2. The van der Waals surface area contributed by atoms with Crippen molar-refractivity contribution in [2.24, 2.45) is 11.5 Å². The third-order valence-corrected chi connectivity index (χ3v) is 5.70. The third-order valence-electron chi connectivity index (χ3n) is 4.63. The Labute approximate surface area is 189 Å². The zero-order valence-electron chi connectivity index (χ0n) is 16.1. The Bertz CT molecular complexity index is 1030. The van der Waals surface area contributed by atoms with Crippen molar-refractivity contribution >= 4 is 69.6 Å². The van der Waals surface area contributed by atoms with Crippen LogP contribution in [0.2, 0.25) is 0 Å². The van der Waals surface area contributed by atoms with Crippen LogP contribution < -0.4 is 22.1 Å². The van der Waals surface area contributed by atoms with E-state index in [0.29, 0.717) is 13.2 Å². The number of fused-ring (bicyclic) bond motifs is 1. The molecule has 1 aliphatic rings. The van der Waals surface area contributed by atoms with Gasteiger partial charge in [-0.2, -0.15) is 4.98 Å². The number of amides is 1. The van der Waals surface area contributed by atoms with E-state index in [4.69, 9.17) is 16.2 Å². The first-order valence-electron chi connectivity index (χ1n) is 8.90. The number of anilines is 3. The SMILES string of the molecule is Cc1cc(Nc2nc(N[C@@H]3CCOC[C@@H]3N)nnc2C(N)=O)cc2ccsc12.Cl.Cl. The maximum absolute atomic E-state index is 11.8. The van der Waals surface area contributed by atoms with Crippen molar-refractivity contribution in [2.45, 2.75) is 25.4 Å². The second-order valence-electron chi connectivity index (χ2n) is 6.73. The minimum atomic E-state index is -0.704. The van der Waals surface area contributed by atoms with Crippen LogP contribution in [0.25, 0.3) is 10.1 Å². The van der Waals surface area contributed by atoms with Crippen molar-refractivity contribution in [1.82, 2.24) is 15.2 Å². The van der Waals surface area contributed by atoms with Gasteiger partial charge in [-0.25, -0.2) is 0 Å². The fourth-order valence-corrected chi connectivity index (χ4v) is 4.07. The Kier molecular flexibility index (Phi) is 8.16. The number of nitrogens with zero attached hydrogens (tertiary/aromatic N) is 3. The lowest BCUT2D eigenvalue weighted by Gasteiger charge is -2.29. The van der Waals surface area contributed by atoms with Crippen LogP contribution in [-0.2, 0) is 4.74 Å². The highest BCUT2D eigenvalue weighted by atomic mass is 35.5. The molecule has 9 nitrogen and oxygen atoms in total. The van der Waals surface area contributed by atoms with Gasteiger partial charge in [-0.15, -0.1) is 46.3 Å². The maximum atomic E-state index is 11.8. The highest BCUT2D eigenvalue weighted by Crippen LogP contribution is 2.30. The summed E-state index contributed by atoms with van der Waals surface area (Å²) in [4.78, 5) is 16.2. The highest BCUT2D eigenvalue weighted by Gasteiger charge is 2.24. The van der Waals surface area contributed by atoms with E-state index in [0.717, 1.165) is 23.1 Å². The molecule has 1 saturated heterocycles. The van der Waals surface area contributed by atoms with E-state index in [1.54, 1.807) is 11.3 Å². The second-order valence-corrected chi connectivity index (χ2v) is 7.65. The van der Waals surface area contributed by atoms with Crippen LogP contribution in [0.5, 0.6) is 0 Å². The molecular weight excluding hydrogens is 449 g/mol. The molecule has 0 bridgehead atoms. The Balaban J connectivity index is 0.00000160. The van der Waals surface area contributed by atoms with Gasteiger partial charge in [-0.3, -0.25) is 4.79 Å². The summed E-state index contributed by atoms with van der Waals surface area (Å²) in [5, 5.41) is 17.4. The molecule has 3 heterocycles. The summed E-state index contributed by atoms with van der Waals surface area (Å²) in [5.74, 6) is -0.173. The van der Waals surface area contributed by atoms with Gasteiger partial charge in [-0.05, 0) is 47.9 Å². The van der Waals surface area contributed by atoms with Crippen molar-refractivity contribution in [3.05, 3.63) is 34.8 Å². The number of hydrogen-bond acceptors (Lipinski definition) is 9. The molecule has 3 aromatic rings. The summed E-state index contributed by atoms with van der Waals surface area (Å²) >= 11 is 1.69. The van der Waals surface area contributed by atoms with E-state index in [2.05, 4.69) is 25.8 Å². The number of aromatic nitrogens is 3. The van der Waals surface area contributed by atoms with Gasteiger partial charge in [0.15, 0.2) is 11.5 Å². The molecule has 1 aromatic carbocycles. The molecule has 0 radical (unpaired) electrons. The minimum absolute atomic E-state index is 0. The number of ether oxygens (including phenoxy) is 1. The van der Waals surface area contributed by atoms with E-state index in [-0.39, 0.29) is 54.4 Å². The normalized spacial score (nSPS) is 18.2. The number of primary amides is 1. The average molecular weight is 472 g/mol. The molecule has 2 atom stereocenters. The predicted octanol–water partition coefficient (Wildman–Crippen LogP) is 2.61. The molecule has 0 aliphatic carbocycles. The van der Waals surface area contributed by atoms with Gasteiger partial charge in [-0.1, -0.05) is 0 Å². The monoisotopic (exact) mass is 471 g/mol. The van der Waals surface area contributed by atoms with Crippen LogP contribution in [0.15, 0.2) is 23.6 Å². The van der Waals surface area contributed by atoms with Gasteiger partial charge in [0.1, 0.15) is 0 Å². The number of nitrogens with two attached hydrogens (primary N) is 2. The fraction of sp³-hybridized carbons (Fsp3) is 0.333. The molecule has 2 aromatic heterocycles. The number of carbonyl (C=O) groups excluding carboxylic acids is 1. The zero-order valence-corrected chi connectivity index (χ0v) is 18.6. The summed E-state index contributed by atoms with van der Waals surface area (Å²) < 4.78 is 6.57. The lowest BCUT2D eigenvalue weighted by atomic mass is 10.1. The number of thiophene rings is 1. The zero-order chi connectivity index (χ0) is 19.7. The minimum Gasteiger partial charge on any atom is -0.380 e. The molecule has 6 N–H and O–H groups in total. The molecule has 0 unspecified atom stereocenters. The Hall–Kier alpha value is -2.24. The Morgan fingerprint density at radius 1 is 1.30 bits per heavy atom. The lowest BCUT2D eigenvalue weighted by molar-refractivity contribution is 0.0751. The van der Waals surface area contributed by atoms with Crippen LogP contribution >= 0.6 is 36.2 Å². The first-order chi connectivity index (χ1) is 13.5. The van der Waals surface area contributed by atoms with Crippen molar-refractivity contribution in [2.75, 3.05) is 23.8 Å². The molecule has 1 fully saturated rings. The quantitative estimate of drug-likeness (QED) is 0.444. The van der Waals surface area contributed by atoms with E-state index < -0.39 is 5.91 Å². The molecule has 162 valence electrons. The molecule has 30 heavy (non-hydrogen) atoms. The first-order valence-corrected chi connectivity index (χ1v) is 9.78. The molecule has 1 amide bonds. The summed E-state index contributed by atoms with van der Waals surface area (Å²) in [7, 11) is 0. The predicted molar refractivity (Wildman–Crippen MR) is 124 cm³/mol. The standard InChI is InChI=1S/C18H21N7O2S.2ClH/c1-9-6-11(7-10-3-5-28-15(9)10)21-17-14(16(20)26)24-25-18(23-17)22-13-2-4-27-8-12(13)19;;/h3,5-7,12-13H,2,4,8,19H2,1H3,(H2,20,26)(H2,21,22,23,25);2*1H/t12-,13+;;/m0../s1. The molecule has 12 heteroatoms. The number of carbonyl (C=O) groups is 1. The van der Waals surface area contributed by atoms with Crippen molar-refractivity contribution in [3.63, 3.8) is 0 Å². The summed E-state index contributed by atoms with van der Waals surface area (Å²) in [6.07, 6.45) is 0.735. The van der Waals surface area contributed by atoms with E-state index in [1.165, 1.54) is 4.70 Å². The third kappa shape index (κ3) is 5.08. The highest BCUT2D eigenvalue weighted by molar-refractivity contribution is 7.17. The van der Waals surface area contributed by atoms with E-state index in [9.17, 15) is 4.79 Å². The van der Waals surface area contributed by atoms with Gasteiger partial charge < -0.3 is 26.8 Å². The summed E-state index contributed by atoms with van der Waals surface area (Å²) in [6, 6.07) is 5.83. The van der Waals surface area contributed by atoms with Crippen molar-refractivity contribution < 1.29 is 9.53 Å². The number of hydrogen-bond donors (Lipinski definition) is 4. The Morgan fingerprint density at radius 3 is 2.83 bits per heavy atom. The van der Waals surface area contributed by atoms with E-state index in [1.807, 2.05) is 30.5 Å². The van der Waals surface area contributed by atoms with Crippen molar-refractivity contribution in [1.29, 1.82) is 0 Å². The number of rotatable bonds is 5. The fourth-order valence-electron chi connectivity index (χ4n) is 3.22.